The van der Waals surface area contributed by atoms with Crippen LogP contribution in [0.4, 0.5) is 0 Å². The van der Waals surface area contributed by atoms with Gasteiger partial charge >= 0.3 is 0 Å². The van der Waals surface area contributed by atoms with E-state index >= 15 is 0 Å². The van der Waals surface area contributed by atoms with Gasteiger partial charge in [-0.2, -0.15) is 5.10 Å². The minimum absolute atomic E-state index is 0.231. The Morgan fingerprint density at radius 2 is 2.09 bits per heavy atom. The summed E-state index contributed by atoms with van der Waals surface area (Å²) in [7, 11) is 1.87. The second kappa shape index (κ2) is 9.40. The average molecular weight is 478 g/mol. The summed E-state index contributed by atoms with van der Waals surface area (Å²) in [6.45, 7) is 2.25. The van der Waals surface area contributed by atoms with Crippen LogP contribution in [0.5, 0.6) is 0 Å². The Hall–Kier alpha value is -3.11. The van der Waals surface area contributed by atoms with Crippen LogP contribution < -0.4 is 0 Å². The second-order valence-electron chi connectivity index (χ2n) is 7.68. The van der Waals surface area contributed by atoms with Crippen molar-refractivity contribution in [2.45, 2.75) is 37.9 Å². The lowest BCUT2D eigenvalue weighted by Crippen LogP contribution is -2.15. The van der Waals surface area contributed by atoms with Crippen LogP contribution >= 0.6 is 23.1 Å². The number of aryl methyl sites for hydroxylation is 3. The van der Waals surface area contributed by atoms with Crippen molar-refractivity contribution >= 4 is 28.8 Å². The zero-order valence-electron chi connectivity index (χ0n) is 18.6. The predicted molar refractivity (Wildman–Crippen MR) is 130 cm³/mol. The minimum Gasteiger partial charge on any atom is -0.387 e. The lowest BCUT2D eigenvalue weighted by molar-refractivity contribution is 0.124. The van der Waals surface area contributed by atoms with E-state index in [1.807, 2.05) is 38.6 Å². The summed E-state index contributed by atoms with van der Waals surface area (Å²) >= 11 is 3.18. The zero-order valence-corrected chi connectivity index (χ0v) is 20.3. The highest BCUT2D eigenvalue weighted by Crippen LogP contribution is 2.35. The minimum atomic E-state index is 0.231. The molecular formula is C23H23N7OS2. The molecule has 4 aromatic heterocycles. The average Bonchev–Trinajstić information content (AvgIpc) is 3.41. The number of rotatable bonds is 6. The number of hydrogen-bond acceptors (Lipinski definition) is 9. The van der Waals surface area contributed by atoms with E-state index in [1.165, 1.54) is 5.56 Å². The van der Waals surface area contributed by atoms with E-state index in [0.29, 0.717) is 5.82 Å². The first-order valence-electron chi connectivity index (χ1n) is 10.6. The molecule has 0 saturated heterocycles. The van der Waals surface area contributed by atoms with Crippen molar-refractivity contribution in [2.75, 3.05) is 6.26 Å². The molecule has 0 radical (unpaired) electrons. The molecule has 0 aliphatic heterocycles. The van der Waals surface area contributed by atoms with Crippen molar-refractivity contribution in [2.24, 2.45) is 12.2 Å². The molecule has 10 heteroatoms. The van der Waals surface area contributed by atoms with E-state index in [1.54, 1.807) is 34.0 Å². The fourth-order valence-corrected chi connectivity index (χ4v) is 5.32. The van der Waals surface area contributed by atoms with Crippen LogP contribution in [0.15, 0.2) is 47.0 Å². The molecule has 0 unspecified atom stereocenters. The predicted octanol–water partition coefficient (Wildman–Crippen LogP) is 4.68. The van der Waals surface area contributed by atoms with Crippen molar-refractivity contribution in [1.29, 1.82) is 0 Å². The van der Waals surface area contributed by atoms with Crippen LogP contribution in [0.1, 0.15) is 35.6 Å². The van der Waals surface area contributed by atoms with Crippen molar-refractivity contribution in [3.8, 4) is 21.1 Å². The van der Waals surface area contributed by atoms with E-state index in [0.717, 1.165) is 62.7 Å². The number of fused-ring (bicyclic) bond motifs is 1. The van der Waals surface area contributed by atoms with E-state index in [2.05, 4.69) is 32.4 Å². The highest BCUT2D eigenvalue weighted by molar-refractivity contribution is 7.98. The second-order valence-corrected chi connectivity index (χ2v) is 9.46. The van der Waals surface area contributed by atoms with Crippen LogP contribution in [0.25, 0.3) is 21.1 Å². The third-order valence-corrected chi connectivity index (χ3v) is 7.32. The van der Waals surface area contributed by atoms with Crippen LogP contribution in [0.2, 0.25) is 0 Å². The molecule has 1 aliphatic rings. The molecule has 1 aliphatic carbocycles. The maximum atomic E-state index is 5.64. The van der Waals surface area contributed by atoms with Gasteiger partial charge in [0, 0.05) is 25.0 Å². The topological polar surface area (TPSA) is 91.0 Å². The number of thioether (sulfide) groups is 1. The Labute approximate surface area is 200 Å². The molecule has 0 bridgehead atoms. The lowest BCUT2D eigenvalue weighted by Gasteiger charge is -2.17. The van der Waals surface area contributed by atoms with Gasteiger partial charge in [0.2, 0.25) is 0 Å². The number of pyridine rings is 2. The Bertz CT molecular complexity index is 1310. The highest BCUT2D eigenvalue weighted by atomic mass is 32.2. The first kappa shape index (κ1) is 21.7. The van der Waals surface area contributed by atoms with Crippen LogP contribution in [-0.4, -0.2) is 41.7 Å². The number of hydrogen-bond donors (Lipinski definition) is 0. The van der Waals surface area contributed by atoms with E-state index in [4.69, 9.17) is 14.8 Å². The van der Waals surface area contributed by atoms with E-state index in [9.17, 15) is 0 Å². The smallest absolute Gasteiger partial charge is 0.192 e. The lowest BCUT2D eigenvalue weighted by atomic mass is 9.94. The van der Waals surface area contributed by atoms with Gasteiger partial charge in [-0.25, -0.2) is 19.6 Å². The van der Waals surface area contributed by atoms with Crippen molar-refractivity contribution in [3.05, 3.63) is 59.4 Å². The molecule has 0 atom stereocenters. The van der Waals surface area contributed by atoms with Gasteiger partial charge in [0.25, 0.3) is 0 Å². The Kier molecular flexibility index (Phi) is 6.19. The highest BCUT2D eigenvalue weighted by Gasteiger charge is 2.21. The normalized spacial score (nSPS) is 14.5. The SMILES string of the molecule is CSc1nc(CO/N=C2\CCCc3ccc(-c4sc(-c5cccnc5)nc4C)nc32)nn1C. The number of aromatic nitrogens is 6. The maximum absolute atomic E-state index is 5.64. The molecular weight excluding hydrogens is 454 g/mol. The molecule has 33 heavy (non-hydrogen) atoms. The number of thiazole rings is 1. The molecule has 0 fully saturated rings. The summed E-state index contributed by atoms with van der Waals surface area (Å²) in [5, 5.41) is 10.6. The largest absolute Gasteiger partial charge is 0.387 e. The summed E-state index contributed by atoms with van der Waals surface area (Å²) in [5.74, 6) is 0.618. The summed E-state index contributed by atoms with van der Waals surface area (Å²) in [4.78, 5) is 25.1. The summed E-state index contributed by atoms with van der Waals surface area (Å²) < 4.78 is 1.75. The number of nitrogens with zero attached hydrogens (tertiary/aromatic N) is 7. The van der Waals surface area contributed by atoms with Gasteiger partial charge in [-0.15, -0.1) is 11.3 Å². The van der Waals surface area contributed by atoms with Crippen LogP contribution in [0.3, 0.4) is 0 Å². The van der Waals surface area contributed by atoms with Gasteiger partial charge in [0.1, 0.15) is 10.7 Å². The van der Waals surface area contributed by atoms with Crippen molar-refractivity contribution < 1.29 is 4.84 Å². The third-order valence-electron chi connectivity index (χ3n) is 5.37. The standard InChI is InChI=1S/C23H23N7OS2/c1-14-21(33-22(25-14)16-7-5-11-24-12-16)18-10-9-15-6-4-8-17(20(15)26-18)29-31-13-19-27-23(32-3)30(2)28-19/h5,7,9-12H,4,6,8,13H2,1-3H3/b29-17+. The van der Waals surface area contributed by atoms with Gasteiger partial charge < -0.3 is 4.84 Å². The Morgan fingerprint density at radius 3 is 2.88 bits per heavy atom. The van der Waals surface area contributed by atoms with Gasteiger partial charge in [-0.1, -0.05) is 23.0 Å². The van der Waals surface area contributed by atoms with Gasteiger partial charge in [-0.05, 0) is 56.2 Å². The Balaban J connectivity index is 1.40. The zero-order chi connectivity index (χ0) is 22.8. The quantitative estimate of drug-likeness (QED) is 0.294. The molecule has 4 heterocycles. The first-order chi connectivity index (χ1) is 16.1. The van der Waals surface area contributed by atoms with E-state index in [-0.39, 0.29) is 6.61 Å². The molecule has 0 N–H and O–H groups in total. The van der Waals surface area contributed by atoms with Crippen LogP contribution in [-0.2, 0) is 24.9 Å². The molecule has 168 valence electrons. The molecule has 0 saturated carbocycles. The van der Waals surface area contributed by atoms with Gasteiger partial charge in [0.15, 0.2) is 17.6 Å². The molecule has 4 aromatic rings. The summed E-state index contributed by atoms with van der Waals surface area (Å²) in [5.41, 5.74) is 5.86. The fourth-order valence-electron chi connectivity index (χ4n) is 3.79. The molecule has 8 nitrogen and oxygen atoms in total. The molecule has 0 spiro atoms. The summed E-state index contributed by atoms with van der Waals surface area (Å²) in [6, 6.07) is 8.18. The maximum Gasteiger partial charge on any atom is 0.192 e. The van der Waals surface area contributed by atoms with Crippen LogP contribution in [0, 0.1) is 6.92 Å². The molecule has 0 aromatic carbocycles. The fraction of sp³-hybridized carbons (Fsp3) is 0.304. The first-order valence-corrected chi connectivity index (χ1v) is 12.7. The monoisotopic (exact) mass is 477 g/mol. The van der Waals surface area contributed by atoms with Gasteiger partial charge in [0.05, 0.1) is 22.0 Å². The summed E-state index contributed by atoms with van der Waals surface area (Å²) in [6.07, 6.45) is 8.43. The van der Waals surface area contributed by atoms with Gasteiger partial charge in [-0.3, -0.25) is 4.98 Å². The van der Waals surface area contributed by atoms with Crippen molar-refractivity contribution in [1.82, 2.24) is 29.7 Å². The molecule has 0 amide bonds. The number of oxime groups is 1. The molecule has 5 rings (SSSR count). The Morgan fingerprint density at radius 1 is 1.18 bits per heavy atom. The van der Waals surface area contributed by atoms with Crippen molar-refractivity contribution in [3.63, 3.8) is 0 Å². The third kappa shape index (κ3) is 4.53. The van der Waals surface area contributed by atoms with E-state index < -0.39 is 0 Å².